The van der Waals surface area contributed by atoms with Gasteiger partial charge < -0.3 is 4.90 Å². The largest absolute Gasteiger partial charge is 0.310 e. The number of hydrogen-bond acceptors (Lipinski definition) is 2. The predicted octanol–water partition coefficient (Wildman–Crippen LogP) is 13.2. The summed E-state index contributed by atoms with van der Waals surface area (Å²) in [5.74, 6) is 0. The maximum atomic E-state index is 2.38. The van der Waals surface area contributed by atoms with Crippen molar-refractivity contribution < 1.29 is 0 Å². The second-order valence-corrected chi connectivity index (χ2v) is 12.9. The van der Waals surface area contributed by atoms with Gasteiger partial charge in [-0.2, -0.15) is 0 Å². The first kappa shape index (κ1) is 26.7. The summed E-state index contributed by atoms with van der Waals surface area (Å²) in [7, 11) is 0. The van der Waals surface area contributed by atoms with Gasteiger partial charge in [0.05, 0.1) is 0 Å². The number of thiophene rings is 1. The molecule has 9 rings (SSSR count). The van der Waals surface area contributed by atoms with Gasteiger partial charge in [0.1, 0.15) is 0 Å². The first-order chi connectivity index (χ1) is 22.8. The van der Waals surface area contributed by atoms with Crippen LogP contribution in [0.4, 0.5) is 17.1 Å². The lowest BCUT2D eigenvalue weighted by molar-refractivity contribution is 1.29. The Balaban J connectivity index is 1.16. The highest BCUT2D eigenvalue weighted by Crippen LogP contribution is 2.42. The molecule has 0 aliphatic carbocycles. The third-order valence-electron chi connectivity index (χ3n) is 9.02. The van der Waals surface area contributed by atoms with E-state index in [2.05, 4.69) is 181 Å². The zero-order chi connectivity index (χ0) is 30.5. The summed E-state index contributed by atoms with van der Waals surface area (Å²) in [6.07, 6.45) is 0. The molecule has 46 heavy (non-hydrogen) atoms. The Kier molecular flexibility index (Phi) is 6.40. The molecule has 0 spiro atoms. The number of fused-ring (bicyclic) bond motifs is 6. The van der Waals surface area contributed by atoms with Crippen LogP contribution in [0.3, 0.4) is 0 Å². The monoisotopic (exact) mass is 603 g/mol. The molecule has 1 nitrogen and oxygen atoms in total. The van der Waals surface area contributed by atoms with Crippen LogP contribution < -0.4 is 4.90 Å². The number of hydrogen-bond donors (Lipinski definition) is 0. The zero-order valence-corrected chi connectivity index (χ0v) is 25.9. The van der Waals surface area contributed by atoms with Gasteiger partial charge >= 0.3 is 0 Å². The Morgan fingerprint density at radius 1 is 0.326 bits per heavy atom. The highest BCUT2D eigenvalue weighted by atomic mass is 32.1. The van der Waals surface area contributed by atoms with Crippen LogP contribution >= 0.6 is 11.3 Å². The standard InChI is InChI=1S/C44H29NS/c1-2-9-30(10-3-1)35-14-8-15-38(27-35)45(39-24-19-31-11-4-5-13-34(31)28-39)37-22-17-32(18-23-37)36-21-25-42-41(29-36)44-40-16-7-6-12-33(40)20-26-43(44)46-42/h1-29H. The van der Waals surface area contributed by atoms with Crippen LogP contribution in [0.15, 0.2) is 176 Å². The Hall–Kier alpha value is -5.70. The highest BCUT2D eigenvalue weighted by molar-refractivity contribution is 7.26. The highest BCUT2D eigenvalue weighted by Gasteiger charge is 2.15. The lowest BCUT2D eigenvalue weighted by Crippen LogP contribution is -2.10. The van der Waals surface area contributed by atoms with Crippen molar-refractivity contribution in [2.24, 2.45) is 0 Å². The van der Waals surface area contributed by atoms with E-state index < -0.39 is 0 Å². The lowest BCUT2D eigenvalue weighted by atomic mass is 9.99. The van der Waals surface area contributed by atoms with Crippen LogP contribution in [0.1, 0.15) is 0 Å². The molecular formula is C44H29NS. The minimum absolute atomic E-state index is 1.12. The SMILES string of the molecule is c1ccc(-c2cccc(N(c3ccc(-c4ccc5sc6ccc7ccccc7c6c5c4)cc3)c3ccc4ccccc4c3)c2)cc1. The van der Waals surface area contributed by atoms with Crippen molar-refractivity contribution in [3.63, 3.8) is 0 Å². The van der Waals surface area contributed by atoms with Gasteiger partial charge in [-0.25, -0.2) is 0 Å². The molecule has 0 bridgehead atoms. The molecule has 0 N–H and O–H groups in total. The smallest absolute Gasteiger partial charge is 0.0468 e. The van der Waals surface area contributed by atoms with Crippen LogP contribution in [0.2, 0.25) is 0 Å². The average Bonchev–Trinajstić information content (AvgIpc) is 3.51. The summed E-state index contributed by atoms with van der Waals surface area (Å²) in [5.41, 5.74) is 8.23. The Labute approximate surface area is 272 Å². The van der Waals surface area contributed by atoms with Gasteiger partial charge in [0, 0.05) is 37.2 Å². The fourth-order valence-electron chi connectivity index (χ4n) is 6.75. The summed E-state index contributed by atoms with van der Waals surface area (Å²) >= 11 is 1.88. The van der Waals surface area contributed by atoms with E-state index in [1.807, 2.05) is 11.3 Å². The number of rotatable bonds is 5. The summed E-state index contributed by atoms with van der Waals surface area (Å²) < 4.78 is 2.66. The molecule has 0 aliphatic rings. The molecule has 0 atom stereocenters. The quantitative estimate of drug-likeness (QED) is 0.189. The Morgan fingerprint density at radius 3 is 1.80 bits per heavy atom. The van der Waals surface area contributed by atoms with Crippen molar-refractivity contribution in [2.45, 2.75) is 0 Å². The molecule has 0 amide bonds. The lowest BCUT2D eigenvalue weighted by Gasteiger charge is -2.26. The summed E-state index contributed by atoms with van der Waals surface area (Å²) in [5, 5.41) is 7.76. The molecule has 1 aromatic heterocycles. The van der Waals surface area contributed by atoms with Gasteiger partial charge in [0.15, 0.2) is 0 Å². The van der Waals surface area contributed by atoms with Gasteiger partial charge in [0.25, 0.3) is 0 Å². The molecule has 0 aliphatic heterocycles. The summed E-state index contributed by atoms with van der Waals surface area (Å²) in [6, 6.07) is 63.9. The van der Waals surface area contributed by atoms with Gasteiger partial charge in [-0.05, 0) is 98.4 Å². The first-order valence-corrected chi connectivity index (χ1v) is 16.5. The van der Waals surface area contributed by atoms with Crippen LogP contribution in [-0.4, -0.2) is 0 Å². The number of nitrogens with zero attached hydrogens (tertiary/aromatic N) is 1. The second kappa shape index (κ2) is 11.0. The number of benzene rings is 8. The average molecular weight is 604 g/mol. The van der Waals surface area contributed by atoms with E-state index in [1.54, 1.807) is 0 Å². The van der Waals surface area contributed by atoms with Crippen LogP contribution in [-0.2, 0) is 0 Å². The summed E-state index contributed by atoms with van der Waals surface area (Å²) in [6.45, 7) is 0. The second-order valence-electron chi connectivity index (χ2n) is 11.8. The van der Waals surface area contributed by atoms with Gasteiger partial charge in [0.2, 0.25) is 0 Å². The molecular weight excluding hydrogens is 575 g/mol. The summed E-state index contributed by atoms with van der Waals surface area (Å²) in [4.78, 5) is 2.37. The van der Waals surface area contributed by atoms with Crippen molar-refractivity contribution >= 4 is 70.1 Å². The molecule has 0 unspecified atom stereocenters. The third kappa shape index (κ3) is 4.63. The molecule has 0 radical (unpaired) electrons. The Bertz CT molecular complexity index is 2530. The first-order valence-electron chi connectivity index (χ1n) is 15.7. The predicted molar refractivity (Wildman–Crippen MR) is 200 cm³/mol. The normalized spacial score (nSPS) is 11.5. The molecule has 0 saturated heterocycles. The maximum absolute atomic E-state index is 2.38. The molecule has 9 aromatic rings. The van der Waals surface area contributed by atoms with Gasteiger partial charge in [-0.3, -0.25) is 0 Å². The molecule has 1 heterocycles. The molecule has 0 saturated carbocycles. The molecule has 0 fully saturated rings. The van der Waals surface area contributed by atoms with Crippen LogP contribution in [0.5, 0.6) is 0 Å². The van der Waals surface area contributed by atoms with Crippen molar-refractivity contribution in [1.29, 1.82) is 0 Å². The van der Waals surface area contributed by atoms with E-state index in [4.69, 9.17) is 0 Å². The van der Waals surface area contributed by atoms with Crippen LogP contribution in [0, 0.1) is 0 Å². The third-order valence-corrected chi connectivity index (χ3v) is 10.2. The Morgan fingerprint density at radius 2 is 0.935 bits per heavy atom. The zero-order valence-electron chi connectivity index (χ0n) is 25.1. The maximum Gasteiger partial charge on any atom is 0.0468 e. The van der Waals surface area contributed by atoms with E-state index in [0.29, 0.717) is 0 Å². The topological polar surface area (TPSA) is 3.24 Å². The van der Waals surface area contributed by atoms with E-state index in [0.717, 1.165) is 17.1 Å². The van der Waals surface area contributed by atoms with Crippen molar-refractivity contribution in [3.05, 3.63) is 176 Å². The van der Waals surface area contributed by atoms with Crippen molar-refractivity contribution in [3.8, 4) is 22.3 Å². The van der Waals surface area contributed by atoms with Gasteiger partial charge in [-0.1, -0.05) is 121 Å². The van der Waals surface area contributed by atoms with Crippen molar-refractivity contribution in [2.75, 3.05) is 4.90 Å². The molecule has 8 aromatic carbocycles. The fourth-order valence-corrected chi connectivity index (χ4v) is 7.85. The van der Waals surface area contributed by atoms with E-state index in [-0.39, 0.29) is 0 Å². The van der Waals surface area contributed by atoms with Crippen molar-refractivity contribution in [1.82, 2.24) is 0 Å². The minimum Gasteiger partial charge on any atom is -0.310 e. The minimum atomic E-state index is 1.12. The number of anilines is 3. The molecule has 216 valence electrons. The van der Waals surface area contributed by atoms with E-state index in [1.165, 1.54) is 64.0 Å². The van der Waals surface area contributed by atoms with E-state index >= 15 is 0 Å². The van der Waals surface area contributed by atoms with Gasteiger partial charge in [-0.15, -0.1) is 11.3 Å². The molecule has 2 heteroatoms. The van der Waals surface area contributed by atoms with Crippen LogP contribution in [0.25, 0.3) is 64.0 Å². The fraction of sp³-hybridized carbons (Fsp3) is 0. The van der Waals surface area contributed by atoms with E-state index in [9.17, 15) is 0 Å².